The van der Waals surface area contributed by atoms with Gasteiger partial charge in [0.2, 0.25) is 0 Å². The predicted molar refractivity (Wildman–Crippen MR) is 59.4 cm³/mol. The van der Waals surface area contributed by atoms with Crippen molar-refractivity contribution in [2.45, 2.75) is 6.10 Å². The monoisotopic (exact) mass is 220 g/mol. The predicted octanol–water partition coefficient (Wildman–Crippen LogP) is -0.111. The van der Waals surface area contributed by atoms with E-state index in [1.165, 1.54) is 12.0 Å². The van der Waals surface area contributed by atoms with Crippen LogP contribution >= 0.6 is 12.0 Å². The molecular formula is C9H20N2O2S. The zero-order chi connectivity index (χ0) is 10.4. The largest absolute Gasteiger partial charge is 0.389 e. The molecule has 0 bridgehead atoms. The molecule has 1 N–H and O–H groups in total. The zero-order valence-electron chi connectivity index (χ0n) is 8.98. The molecule has 1 heterocycles. The second-order valence-corrected chi connectivity index (χ2v) is 4.28. The topological polar surface area (TPSA) is 35.9 Å². The van der Waals surface area contributed by atoms with Crippen molar-refractivity contribution in [2.24, 2.45) is 0 Å². The minimum atomic E-state index is -0.356. The van der Waals surface area contributed by atoms with Crippen LogP contribution in [-0.2, 0) is 4.18 Å². The zero-order valence-corrected chi connectivity index (χ0v) is 9.79. The van der Waals surface area contributed by atoms with E-state index in [2.05, 4.69) is 16.8 Å². The number of aliphatic hydroxyl groups is 1. The standard InChI is InChI=1S/C9H20N2O2S/c1-10-3-5-11(6-4-10)7-9(12)8-13-14-2/h9,12H,3-8H2,1-2H3/t9-/m0/s1. The Kier molecular flexibility index (Phi) is 5.81. The van der Waals surface area contributed by atoms with Crippen molar-refractivity contribution in [1.82, 2.24) is 9.80 Å². The molecule has 1 fully saturated rings. The molecule has 0 aromatic heterocycles. The van der Waals surface area contributed by atoms with Crippen LogP contribution in [0.4, 0.5) is 0 Å². The molecule has 4 nitrogen and oxygen atoms in total. The lowest BCUT2D eigenvalue weighted by Crippen LogP contribution is -2.47. The summed E-state index contributed by atoms with van der Waals surface area (Å²) in [6.45, 7) is 5.44. The van der Waals surface area contributed by atoms with E-state index >= 15 is 0 Å². The Morgan fingerprint density at radius 1 is 1.36 bits per heavy atom. The first-order chi connectivity index (χ1) is 6.72. The highest BCUT2D eigenvalue weighted by Gasteiger charge is 2.16. The number of piperazine rings is 1. The SMILES string of the molecule is CSOC[C@@H](O)CN1CCN(C)CC1. The van der Waals surface area contributed by atoms with Crippen LogP contribution in [0, 0.1) is 0 Å². The van der Waals surface area contributed by atoms with E-state index in [1.54, 1.807) is 0 Å². The summed E-state index contributed by atoms with van der Waals surface area (Å²) in [4.78, 5) is 4.59. The van der Waals surface area contributed by atoms with Gasteiger partial charge in [0.25, 0.3) is 0 Å². The first-order valence-electron chi connectivity index (χ1n) is 4.97. The van der Waals surface area contributed by atoms with Gasteiger partial charge in [0.05, 0.1) is 12.7 Å². The molecule has 14 heavy (non-hydrogen) atoms. The van der Waals surface area contributed by atoms with Crippen LogP contribution in [0.3, 0.4) is 0 Å². The second-order valence-electron chi connectivity index (χ2n) is 3.71. The number of hydrogen-bond donors (Lipinski definition) is 1. The molecule has 1 aliphatic rings. The summed E-state index contributed by atoms with van der Waals surface area (Å²) in [5.74, 6) is 0. The highest BCUT2D eigenvalue weighted by atomic mass is 32.2. The molecule has 1 aliphatic heterocycles. The fourth-order valence-corrected chi connectivity index (χ4v) is 1.82. The first-order valence-corrected chi connectivity index (χ1v) is 6.12. The van der Waals surface area contributed by atoms with Crippen LogP contribution in [0.1, 0.15) is 0 Å². The summed E-state index contributed by atoms with van der Waals surface area (Å²) in [6.07, 6.45) is 1.51. The number of nitrogens with zero attached hydrogens (tertiary/aromatic N) is 2. The van der Waals surface area contributed by atoms with E-state index in [9.17, 15) is 5.11 Å². The van der Waals surface area contributed by atoms with Crippen molar-refractivity contribution < 1.29 is 9.29 Å². The Morgan fingerprint density at radius 3 is 2.57 bits per heavy atom. The van der Waals surface area contributed by atoms with Crippen LogP contribution in [0.15, 0.2) is 0 Å². The molecule has 1 rings (SSSR count). The molecule has 0 aromatic carbocycles. The molecule has 0 spiro atoms. The molecular weight excluding hydrogens is 200 g/mol. The van der Waals surface area contributed by atoms with Gasteiger partial charge in [-0.3, -0.25) is 4.90 Å². The molecule has 0 amide bonds. The van der Waals surface area contributed by atoms with E-state index in [-0.39, 0.29) is 6.10 Å². The average Bonchev–Trinajstić information content (AvgIpc) is 2.18. The smallest absolute Gasteiger partial charge is 0.0912 e. The van der Waals surface area contributed by atoms with Gasteiger partial charge in [-0.15, -0.1) is 0 Å². The van der Waals surface area contributed by atoms with Gasteiger partial charge in [-0.1, -0.05) is 0 Å². The van der Waals surface area contributed by atoms with Crippen LogP contribution in [0.2, 0.25) is 0 Å². The fraction of sp³-hybridized carbons (Fsp3) is 1.00. The number of aliphatic hydroxyl groups excluding tert-OH is 1. The highest BCUT2D eigenvalue weighted by molar-refractivity contribution is 7.93. The molecule has 1 saturated heterocycles. The van der Waals surface area contributed by atoms with Crippen molar-refractivity contribution in [3.63, 3.8) is 0 Å². The lowest BCUT2D eigenvalue weighted by molar-refractivity contribution is 0.0558. The molecule has 0 aliphatic carbocycles. The minimum Gasteiger partial charge on any atom is -0.389 e. The summed E-state index contributed by atoms with van der Waals surface area (Å²) in [5, 5.41) is 9.60. The van der Waals surface area contributed by atoms with Gasteiger partial charge in [-0.25, -0.2) is 0 Å². The van der Waals surface area contributed by atoms with Crippen LogP contribution in [0.5, 0.6) is 0 Å². The molecule has 1 atom stereocenters. The van der Waals surface area contributed by atoms with E-state index in [0.29, 0.717) is 6.61 Å². The maximum absolute atomic E-state index is 9.60. The van der Waals surface area contributed by atoms with Gasteiger partial charge in [0.15, 0.2) is 0 Å². The summed E-state index contributed by atoms with van der Waals surface area (Å²) in [7, 11) is 2.13. The maximum atomic E-state index is 9.60. The summed E-state index contributed by atoms with van der Waals surface area (Å²) >= 11 is 1.31. The highest BCUT2D eigenvalue weighted by Crippen LogP contribution is 2.02. The van der Waals surface area contributed by atoms with Crippen molar-refractivity contribution in [3.05, 3.63) is 0 Å². The molecule has 84 valence electrons. The molecule has 5 heteroatoms. The number of likely N-dealkylation sites (N-methyl/N-ethyl adjacent to an activating group) is 1. The molecule has 0 aromatic rings. The fourth-order valence-electron chi connectivity index (χ4n) is 1.53. The third kappa shape index (κ3) is 4.61. The van der Waals surface area contributed by atoms with Gasteiger partial charge in [0.1, 0.15) is 0 Å². The number of rotatable bonds is 5. The van der Waals surface area contributed by atoms with Gasteiger partial charge in [-0.05, 0) is 19.1 Å². The Morgan fingerprint density at radius 2 is 2.00 bits per heavy atom. The lowest BCUT2D eigenvalue weighted by atomic mass is 10.3. The second kappa shape index (κ2) is 6.63. The quantitative estimate of drug-likeness (QED) is 0.654. The van der Waals surface area contributed by atoms with Crippen molar-refractivity contribution in [1.29, 1.82) is 0 Å². The molecule has 0 saturated carbocycles. The number of hydrogen-bond acceptors (Lipinski definition) is 5. The van der Waals surface area contributed by atoms with Gasteiger partial charge < -0.3 is 14.2 Å². The van der Waals surface area contributed by atoms with Crippen molar-refractivity contribution in [3.8, 4) is 0 Å². The molecule has 0 unspecified atom stereocenters. The van der Waals surface area contributed by atoms with E-state index in [4.69, 9.17) is 4.18 Å². The minimum absolute atomic E-state index is 0.356. The van der Waals surface area contributed by atoms with Crippen molar-refractivity contribution >= 4 is 12.0 Å². The lowest BCUT2D eigenvalue weighted by Gasteiger charge is -2.33. The van der Waals surface area contributed by atoms with Crippen LogP contribution in [-0.4, -0.2) is 73.6 Å². The van der Waals surface area contributed by atoms with E-state index in [1.807, 2.05) is 6.26 Å². The average molecular weight is 220 g/mol. The normalized spacial score (nSPS) is 22.5. The third-order valence-electron chi connectivity index (χ3n) is 2.44. The van der Waals surface area contributed by atoms with Crippen molar-refractivity contribution in [2.75, 3.05) is 52.6 Å². The van der Waals surface area contributed by atoms with Gasteiger partial charge in [-0.2, -0.15) is 0 Å². The third-order valence-corrected chi connectivity index (χ3v) is 2.81. The van der Waals surface area contributed by atoms with Crippen LogP contribution in [0.25, 0.3) is 0 Å². The summed E-state index contributed by atoms with van der Waals surface area (Å²) < 4.78 is 5.09. The van der Waals surface area contributed by atoms with E-state index < -0.39 is 0 Å². The Balaban J connectivity index is 2.10. The first kappa shape index (κ1) is 12.3. The Labute approximate surface area is 90.4 Å². The van der Waals surface area contributed by atoms with Gasteiger partial charge >= 0.3 is 0 Å². The molecule has 0 radical (unpaired) electrons. The number of β-amino-alcohol motifs (C(OH)–C–C–N with tert-alkyl or cyclic N) is 1. The summed E-state index contributed by atoms with van der Waals surface area (Å²) in [6, 6.07) is 0. The Hall–Kier alpha value is 0.190. The van der Waals surface area contributed by atoms with Crippen LogP contribution < -0.4 is 0 Å². The Bertz CT molecular complexity index is 152. The van der Waals surface area contributed by atoms with E-state index in [0.717, 1.165) is 32.7 Å². The summed E-state index contributed by atoms with van der Waals surface area (Å²) in [5.41, 5.74) is 0. The van der Waals surface area contributed by atoms with Gasteiger partial charge in [0, 0.05) is 39.0 Å². The maximum Gasteiger partial charge on any atom is 0.0912 e.